The van der Waals surface area contributed by atoms with Crippen molar-refractivity contribution in [3.8, 4) is 0 Å². The second-order valence-corrected chi connectivity index (χ2v) is 5.46. The number of nitrogens with two attached hydrogens (primary N) is 1. The second kappa shape index (κ2) is 8.76. The van der Waals surface area contributed by atoms with Crippen molar-refractivity contribution in [2.24, 2.45) is 5.73 Å². The zero-order valence-electron chi connectivity index (χ0n) is 12.9. The number of nitrogens with zero attached hydrogens (tertiary/aromatic N) is 2. The molecule has 1 saturated heterocycles. The van der Waals surface area contributed by atoms with Crippen molar-refractivity contribution in [1.29, 1.82) is 0 Å². The van der Waals surface area contributed by atoms with Gasteiger partial charge in [-0.15, -0.1) is 12.4 Å². The monoisotopic (exact) mass is 325 g/mol. The molecule has 2 N–H and O–H groups in total. The van der Waals surface area contributed by atoms with Gasteiger partial charge in [0.25, 0.3) is 0 Å². The quantitative estimate of drug-likeness (QED) is 0.917. The molecule has 0 radical (unpaired) electrons. The predicted molar refractivity (Wildman–Crippen MR) is 88.7 cm³/mol. The summed E-state index contributed by atoms with van der Waals surface area (Å²) < 4.78 is 0. The lowest BCUT2D eigenvalue weighted by Crippen LogP contribution is -2.37. The molecule has 2 amide bonds. The van der Waals surface area contributed by atoms with E-state index in [4.69, 9.17) is 5.73 Å². The van der Waals surface area contributed by atoms with Crippen LogP contribution >= 0.6 is 12.4 Å². The van der Waals surface area contributed by atoms with Crippen molar-refractivity contribution < 1.29 is 9.59 Å². The summed E-state index contributed by atoms with van der Waals surface area (Å²) in [5.41, 5.74) is 7.08. The summed E-state index contributed by atoms with van der Waals surface area (Å²) in [4.78, 5) is 27.4. The molecule has 6 heteroatoms. The van der Waals surface area contributed by atoms with E-state index in [9.17, 15) is 9.59 Å². The smallest absolute Gasteiger partial charge is 0.224 e. The molecule has 0 saturated carbocycles. The lowest BCUT2D eigenvalue weighted by molar-refractivity contribution is -0.132. The summed E-state index contributed by atoms with van der Waals surface area (Å²) >= 11 is 0. The highest BCUT2D eigenvalue weighted by Gasteiger charge is 2.22. The van der Waals surface area contributed by atoms with Crippen LogP contribution in [0.3, 0.4) is 0 Å². The normalized spacial score (nSPS) is 16.5. The molecule has 1 atom stereocenters. The average Bonchev–Trinajstić information content (AvgIpc) is 2.74. The largest absolute Gasteiger partial charge is 0.341 e. The van der Waals surface area contributed by atoms with Gasteiger partial charge in [-0.1, -0.05) is 30.3 Å². The van der Waals surface area contributed by atoms with Gasteiger partial charge in [0, 0.05) is 45.6 Å². The van der Waals surface area contributed by atoms with Gasteiger partial charge in [-0.05, 0) is 12.0 Å². The molecule has 0 bridgehead atoms. The Morgan fingerprint density at radius 2 is 1.68 bits per heavy atom. The number of amides is 2. The molecule has 1 aromatic rings. The molecule has 1 aliphatic rings. The third kappa shape index (κ3) is 5.00. The molecule has 1 unspecified atom stereocenters. The Balaban J connectivity index is 0.00000242. The second-order valence-electron chi connectivity index (χ2n) is 5.46. The maximum atomic E-state index is 12.4. The highest BCUT2D eigenvalue weighted by atomic mass is 35.5. The summed E-state index contributed by atoms with van der Waals surface area (Å²) in [7, 11) is 0. The van der Waals surface area contributed by atoms with Gasteiger partial charge in [-0.3, -0.25) is 9.59 Å². The number of hydrogen-bond donors (Lipinski definition) is 1. The summed E-state index contributed by atoms with van der Waals surface area (Å²) in [5, 5.41) is 0. The van der Waals surface area contributed by atoms with E-state index in [2.05, 4.69) is 0 Å². The van der Waals surface area contributed by atoms with Gasteiger partial charge in [0.1, 0.15) is 0 Å². The zero-order valence-corrected chi connectivity index (χ0v) is 13.7. The van der Waals surface area contributed by atoms with E-state index in [0.717, 1.165) is 18.5 Å². The van der Waals surface area contributed by atoms with Crippen LogP contribution in [0.4, 0.5) is 0 Å². The number of carbonyl (C=O) groups is 2. The van der Waals surface area contributed by atoms with E-state index >= 15 is 0 Å². The molecule has 1 aliphatic heterocycles. The summed E-state index contributed by atoms with van der Waals surface area (Å²) in [5.74, 6) is 0.141. The number of halogens is 1. The molecule has 1 aromatic carbocycles. The van der Waals surface area contributed by atoms with Crippen molar-refractivity contribution in [2.75, 3.05) is 26.2 Å². The Morgan fingerprint density at radius 3 is 2.32 bits per heavy atom. The Bertz CT molecular complexity index is 495. The van der Waals surface area contributed by atoms with Gasteiger partial charge in [-0.2, -0.15) is 0 Å². The van der Waals surface area contributed by atoms with Crippen LogP contribution in [0.25, 0.3) is 0 Å². The SMILES string of the molecule is CC(=O)N1CCCN(C(=O)CC(N)c2ccccc2)CC1.Cl. The fraction of sp³-hybridized carbons (Fsp3) is 0.500. The summed E-state index contributed by atoms with van der Waals surface area (Å²) in [6.07, 6.45) is 1.13. The minimum absolute atomic E-state index is 0. The summed E-state index contributed by atoms with van der Waals surface area (Å²) in [6.45, 7) is 4.21. The van der Waals surface area contributed by atoms with Crippen LogP contribution in [-0.2, 0) is 9.59 Å². The number of hydrogen-bond acceptors (Lipinski definition) is 3. The number of benzene rings is 1. The van der Waals surface area contributed by atoms with Crippen molar-refractivity contribution in [2.45, 2.75) is 25.8 Å². The molecule has 5 nitrogen and oxygen atoms in total. The fourth-order valence-electron chi connectivity index (χ4n) is 2.62. The van der Waals surface area contributed by atoms with Gasteiger partial charge < -0.3 is 15.5 Å². The van der Waals surface area contributed by atoms with Gasteiger partial charge >= 0.3 is 0 Å². The molecule has 2 rings (SSSR count). The highest BCUT2D eigenvalue weighted by molar-refractivity contribution is 5.85. The molecule has 0 aliphatic carbocycles. The van der Waals surface area contributed by atoms with E-state index in [1.54, 1.807) is 11.8 Å². The minimum atomic E-state index is -0.272. The van der Waals surface area contributed by atoms with Crippen LogP contribution in [0.15, 0.2) is 30.3 Å². The maximum Gasteiger partial charge on any atom is 0.224 e. The van der Waals surface area contributed by atoms with Gasteiger partial charge in [0.05, 0.1) is 0 Å². The van der Waals surface area contributed by atoms with Crippen LogP contribution in [0.2, 0.25) is 0 Å². The lowest BCUT2D eigenvalue weighted by Gasteiger charge is -2.23. The number of carbonyl (C=O) groups excluding carboxylic acids is 2. The molecule has 0 aromatic heterocycles. The Kier molecular flexibility index (Phi) is 7.35. The van der Waals surface area contributed by atoms with E-state index < -0.39 is 0 Å². The minimum Gasteiger partial charge on any atom is -0.341 e. The van der Waals surface area contributed by atoms with Gasteiger partial charge in [0.15, 0.2) is 0 Å². The standard InChI is InChI=1S/C16H23N3O2.ClH/c1-13(20)18-8-5-9-19(11-10-18)16(21)12-15(17)14-6-3-2-4-7-14;/h2-4,6-7,15H,5,8-12,17H2,1H3;1H. The van der Waals surface area contributed by atoms with E-state index in [1.807, 2.05) is 35.2 Å². The fourth-order valence-corrected chi connectivity index (χ4v) is 2.62. The topological polar surface area (TPSA) is 66.6 Å². The molecular formula is C16H24ClN3O2. The molecule has 1 heterocycles. The van der Waals surface area contributed by atoms with Crippen molar-refractivity contribution in [3.63, 3.8) is 0 Å². The third-order valence-electron chi connectivity index (χ3n) is 3.92. The van der Waals surface area contributed by atoms with Crippen LogP contribution in [0, 0.1) is 0 Å². The predicted octanol–water partition coefficient (Wildman–Crippen LogP) is 1.58. The third-order valence-corrected chi connectivity index (χ3v) is 3.92. The van der Waals surface area contributed by atoms with Crippen LogP contribution in [0.5, 0.6) is 0 Å². The number of rotatable bonds is 3. The van der Waals surface area contributed by atoms with E-state index in [1.165, 1.54) is 0 Å². The Hall–Kier alpha value is -1.59. The van der Waals surface area contributed by atoms with Crippen molar-refractivity contribution in [1.82, 2.24) is 9.80 Å². The first-order valence-corrected chi connectivity index (χ1v) is 7.41. The average molecular weight is 326 g/mol. The Labute approximate surface area is 137 Å². The molecular weight excluding hydrogens is 302 g/mol. The lowest BCUT2D eigenvalue weighted by atomic mass is 10.0. The van der Waals surface area contributed by atoms with Crippen LogP contribution in [-0.4, -0.2) is 47.8 Å². The van der Waals surface area contributed by atoms with E-state index in [0.29, 0.717) is 26.1 Å². The molecule has 22 heavy (non-hydrogen) atoms. The molecule has 1 fully saturated rings. The van der Waals surface area contributed by atoms with Crippen molar-refractivity contribution >= 4 is 24.2 Å². The van der Waals surface area contributed by atoms with Crippen LogP contribution in [0.1, 0.15) is 31.4 Å². The maximum absolute atomic E-state index is 12.4. The molecule has 0 spiro atoms. The zero-order chi connectivity index (χ0) is 15.2. The van der Waals surface area contributed by atoms with E-state index in [-0.39, 0.29) is 30.3 Å². The Morgan fingerprint density at radius 1 is 1.09 bits per heavy atom. The first-order valence-electron chi connectivity index (χ1n) is 7.41. The van der Waals surface area contributed by atoms with Gasteiger partial charge in [-0.25, -0.2) is 0 Å². The van der Waals surface area contributed by atoms with Gasteiger partial charge in [0.2, 0.25) is 11.8 Å². The highest BCUT2D eigenvalue weighted by Crippen LogP contribution is 2.15. The first kappa shape index (κ1) is 18.5. The van der Waals surface area contributed by atoms with Crippen LogP contribution < -0.4 is 5.73 Å². The summed E-state index contributed by atoms with van der Waals surface area (Å²) in [6, 6.07) is 9.40. The van der Waals surface area contributed by atoms with Crippen molar-refractivity contribution in [3.05, 3.63) is 35.9 Å². The molecule has 122 valence electrons. The first-order chi connectivity index (χ1) is 10.1.